The van der Waals surface area contributed by atoms with E-state index in [4.69, 9.17) is 18.7 Å². The monoisotopic (exact) mass is 924 g/mol. The van der Waals surface area contributed by atoms with Gasteiger partial charge in [-0.2, -0.15) is 9.68 Å². The van der Waals surface area contributed by atoms with Gasteiger partial charge < -0.3 is 9.05 Å². The van der Waals surface area contributed by atoms with Crippen molar-refractivity contribution < 1.29 is 50.2 Å². The lowest BCUT2D eigenvalue weighted by atomic mass is 10.00. The molecule has 0 saturated carbocycles. The Morgan fingerprint density at radius 2 is 0.848 bits per heavy atom. The highest BCUT2D eigenvalue weighted by molar-refractivity contribution is 7.90. The van der Waals surface area contributed by atoms with Gasteiger partial charge in [0.15, 0.2) is 13.2 Å². The largest absolute Gasteiger partial charge is 0.478 e. The number of hydrogen-bond donors (Lipinski definition) is 2. The number of nitrogens with zero attached hydrogens (tertiary/aromatic N) is 3. The average molecular weight is 925 g/mol. The van der Waals surface area contributed by atoms with Gasteiger partial charge in [-0.1, -0.05) is 120 Å². The normalized spacial score (nSPS) is 11.4. The lowest BCUT2D eigenvalue weighted by Crippen LogP contribution is -2.30. The number of aromatic nitrogens is 2. The molecule has 0 atom stereocenters. The molecule has 332 valence electrons. The van der Waals surface area contributed by atoms with Gasteiger partial charge in [0.1, 0.15) is 27.8 Å². The Morgan fingerprint density at radius 1 is 0.500 bits per heavy atom. The van der Waals surface area contributed by atoms with E-state index < -0.39 is 31.9 Å². The fourth-order valence-electron chi connectivity index (χ4n) is 6.89. The Morgan fingerprint density at radius 3 is 1.20 bits per heavy atom. The van der Waals surface area contributed by atoms with E-state index in [0.717, 1.165) is 22.3 Å². The van der Waals surface area contributed by atoms with Crippen molar-refractivity contribution in [2.45, 2.75) is 36.9 Å². The summed E-state index contributed by atoms with van der Waals surface area (Å²) in [5.74, 6) is -0.611. The minimum Gasteiger partial charge on any atom is -0.360 e. The highest BCUT2D eigenvalue weighted by Crippen LogP contribution is 2.36. The number of benzene rings is 6. The van der Waals surface area contributed by atoms with E-state index in [9.17, 15) is 31.3 Å². The number of nitrogens with one attached hydrogen (secondary N) is 2. The standard InChI is InChI=1S/C48H37N5O11S2/c1-31-43(45(49-63-31)37-9-5-3-6-10-37)35-21-25-41(26-22-35)65(57,58)51-47(54)39-17-13-33(14-18-39)29-61-53(56)62-30-34-15-19-40(20-16-34)48(55)52-66(59,60)42-27-23-36(24-28-42)44-32(2)64-50-46(44)38-11-7-4-8-12-38/h3-28H,29-30H2,1-2H3,(H-,51,52,54,55)/p+1. The summed E-state index contributed by atoms with van der Waals surface area (Å²) in [5.41, 5.74) is 6.74. The quantitative estimate of drug-likeness (QED) is 0.0870. The molecule has 0 spiro atoms. The zero-order valence-corrected chi connectivity index (χ0v) is 36.7. The molecule has 0 saturated heterocycles. The van der Waals surface area contributed by atoms with Gasteiger partial charge in [-0.05, 0) is 84.6 Å². The van der Waals surface area contributed by atoms with E-state index in [-0.39, 0.29) is 39.2 Å². The zero-order valence-electron chi connectivity index (χ0n) is 35.1. The van der Waals surface area contributed by atoms with Crippen molar-refractivity contribution in [3.63, 3.8) is 0 Å². The van der Waals surface area contributed by atoms with E-state index in [1.807, 2.05) is 60.7 Å². The van der Waals surface area contributed by atoms with Crippen LogP contribution in [0, 0.1) is 18.8 Å². The Hall–Kier alpha value is -8.22. The maximum Gasteiger partial charge on any atom is 0.478 e. The Kier molecular flexibility index (Phi) is 12.7. The van der Waals surface area contributed by atoms with Crippen LogP contribution in [0.25, 0.3) is 44.8 Å². The van der Waals surface area contributed by atoms with E-state index >= 15 is 0 Å². The van der Waals surface area contributed by atoms with Crippen LogP contribution in [0.2, 0.25) is 0 Å². The molecule has 0 bridgehead atoms. The van der Waals surface area contributed by atoms with Gasteiger partial charge in [0.2, 0.25) is 0 Å². The number of amides is 2. The molecular formula is C48H38N5O11S2+. The molecule has 8 rings (SSSR count). The van der Waals surface area contributed by atoms with Gasteiger partial charge in [0.05, 0.1) is 20.9 Å². The van der Waals surface area contributed by atoms with E-state index in [0.29, 0.717) is 45.2 Å². The molecule has 66 heavy (non-hydrogen) atoms. The molecule has 16 nitrogen and oxygen atoms in total. The van der Waals surface area contributed by atoms with Crippen molar-refractivity contribution in [1.29, 1.82) is 0 Å². The summed E-state index contributed by atoms with van der Waals surface area (Å²) in [7, 11) is -8.49. The third-order valence-corrected chi connectivity index (χ3v) is 13.0. The molecule has 2 amide bonds. The third-order valence-electron chi connectivity index (χ3n) is 10.3. The minimum atomic E-state index is -4.24. The van der Waals surface area contributed by atoms with Crippen LogP contribution in [0.5, 0.6) is 0 Å². The van der Waals surface area contributed by atoms with Crippen molar-refractivity contribution in [3.8, 4) is 44.8 Å². The van der Waals surface area contributed by atoms with Crippen LogP contribution in [0.3, 0.4) is 0 Å². The van der Waals surface area contributed by atoms with Crippen LogP contribution >= 0.6 is 0 Å². The van der Waals surface area contributed by atoms with Crippen molar-refractivity contribution in [2.75, 3.05) is 0 Å². The van der Waals surface area contributed by atoms with Crippen molar-refractivity contribution >= 4 is 31.9 Å². The third kappa shape index (κ3) is 9.94. The van der Waals surface area contributed by atoms with Gasteiger partial charge in [0.25, 0.3) is 31.9 Å². The molecule has 0 radical (unpaired) electrons. The van der Waals surface area contributed by atoms with Crippen LogP contribution in [-0.4, -0.2) is 44.0 Å². The second-order valence-electron chi connectivity index (χ2n) is 14.7. The summed E-state index contributed by atoms with van der Waals surface area (Å²) >= 11 is 0. The summed E-state index contributed by atoms with van der Waals surface area (Å²) in [5, 5.41) is 8.25. The van der Waals surface area contributed by atoms with Crippen LogP contribution in [0.4, 0.5) is 0 Å². The maximum absolute atomic E-state index is 13.1. The SMILES string of the molecule is Cc1onc(-c2ccccc2)c1-c1ccc(S(=O)(=O)NC(=O)c2ccc(CO[N+](=O)OCc3ccc(C(=O)NS(=O)(=O)c4ccc(-c5c(-c6ccccc6)noc5C)cc4)cc3)cc2)cc1. The molecule has 6 aromatic carbocycles. The fraction of sp³-hybridized carbons (Fsp3) is 0.0833. The van der Waals surface area contributed by atoms with Gasteiger partial charge in [-0.3, -0.25) is 9.59 Å². The fourth-order valence-corrected chi connectivity index (χ4v) is 8.84. The number of rotatable bonds is 16. The van der Waals surface area contributed by atoms with Crippen LogP contribution < -0.4 is 9.44 Å². The summed E-state index contributed by atoms with van der Waals surface area (Å²) < 4.78 is 67.5. The first-order valence-electron chi connectivity index (χ1n) is 20.1. The molecule has 2 aromatic heterocycles. The highest BCUT2D eigenvalue weighted by Gasteiger charge is 2.24. The van der Waals surface area contributed by atoms with E-state index in [1.165, 1.54) is 72.8 Å². The second-order valence-corrected chi connectivity index (χ2v) is 18.1. The minimum absolute atomic E-state index is 0.0439. The van der Waals surface area contributed by atoms with Gasteiger partial charge >= 0.3 is 5.09 Å². The Bertz CT molecular complexity index is 3050. The number of sulfonamides is 2. The lowest BCUT2D eigenvalue weighted by Gasteiger charge is -2.09. The molecule has 18 heteroatoms. The maximum atomic E-state index is 13.1. The summed E-state index contributed by atoms with van der Waals surface area (Å²) in [6, 6.07) is 42.3. The predicted molar refractivity (Wildman–Crippen MR) is 240 cm³/mol. The second kappa shape index (κ2) is 18.9. The number of carbonyl (C=O) groups is 2. The molecule has 0 aliphatic heterocycles. The van der Waals surface area contributed by atoms with E-state index in [2.05, 4.69) is 19.8 Å². The first kappa shape index (κ1) is 44.4. The molecule has 0 aliphatic carbocycles. The van der Waals surface area contributed by atoms with Gasteiger partial charge in [0, 0.05) is 22.3 Å². The van der Waals surface area contributed by atoms with E-state index in [1.54, 1.807) is 38.1 Å². The Labute approximate surface area is 378 Å². The van der Waals surface area contributed by atoms with Crippen molar-refractivity contribution in [2.24, 2.45) is 0 Å². The van der Waals surface area contributed by atoms with Gasteiger partial charge in [-0.15, -0.1) is 0 Å². The number of aryl methyl sites for hydroxylation is 2. The first-order valence-corrected chi connectivity index (χ1v) is 23.0. The van der Waals surface area contributed by atoms with Crippen LogP contribution in [0.1, 0.15) is 43.4 Å². The number of hydrogen-bond acceptors (Lipinski definition) is 13. The first-order chi connectivity index (χ1) is 31.8. The van der Waals surface area contributed by atoms with Crippen LogP contribution in [0.15, 0.2) is 177 Å². The molecule has 0 unspecified atom stereocenters. The predicted octanol–water partition coefficient (Wildman–Crippen LogP) is 8.53. The van der Waals surface area contributed by atoms with Crippen molar-refractivity contribution in [3.05, 3.63) is 196 Å². The lowest BCUT2D eigenvalue weighted by molar-refractivity contribution is -0.987. The molecule has 2 heterocycles. The van der Waals surface area contributed by atoms with Crippen LogP contribution in [-0.2, 0) is 42.9 Å². The molecule has 0 fully saturated rings. The summed E-state index contributed by atoms with van der Waals surface area (Å²) in [6.07, 6.45) is 0. The highest BCUT2D eigenvalue weighted by atomic mass is 32.2. The van der Waals surface area contributed by atoms with Gasteiger partial charge in [-0.25, -0.2) is 26.3 Å². The Balaban J connectivity index is 0.793. The number of carbonyl (C=O) groups excluding carboxylic acids is 2. The summed E-state index contributed by atoms with van der Waals surface area (Å²) in [4.78, 5) is 48.1. The molecule has 0 aliphatic rings. The van der Waals surface area contributed by atoms with Crippen molar-refractivity contribution in [1.82, 2.24) is 19.8 Å². The average Bonchev–Trinajstić information content (AvgIpc) is 3.92. The molecule has 2 N–H and O–H groups in total. The topological polar surface area (TPSA) is 217 Å². The molecular weight excluding hydrogens is 887 g/mol. The zero-order chi connectivity index (χ0) is 46.4. The smallest absolute Gasteiger partial charge is 0.360 e. The molecule has 8 aromatic rings. The summed E-state index contributed by atoms with van der Waals surface area (Å²) in [6.45, 7) is 3.03.